The molecule has 4 rings (SSSR count). The maximum Gasteiger partial charge on any atom is 0.255 e. The van der Waals surface area contributed by atoms with E-state index in [0.717, 1.165) is 0 Å². The van der Waals surface area contributed by atoms with Gasteiger partial charge < -0.3 is 31.1 Å². The minimum atomic E-state index is -2.67. The van der Waals surface area contributed by atoms with Crippen LogP contribution in [0.2, 0.25) is 0 Å². The number of anilines is 1. The summed E-state index contributed by atoms with van der Waals surface area (Å²) in [6.07, 6.45) is 0.244. The summed E-state index contributed by atoms with van der Waals surface area (Å²) in [5.41, 5.74) is 2.69. The Morgan fingerprint density at radius 3 is 2.26 bits per heavy atom. The van der Waals surface area contributed by atoms with Gasteiger partial charge in [0.05, 0.1) is 17.2 Å². The Labute approximate surface area is 227 Å². The number of carbonyl (C=O) groups is 3. The highest BCUT2D eigenvalue weighted by Gasteiger charge is 2.63. The lowest BCUT2D eigenvalue weighted by molar-refractivity contribution is -0.148. The molecule has 39 heavy (non-hydrogen) atoms. The summed E-state index contributed by atoms with van der Waals surface area (Å²) in [4.78, 5) is 42.9. The van der Waals surface area contributed by atoms with Crippen molar-refractivity contribution < 1.29 is 34.8 Å². The van der Waals surface area contributed by atoms with Crippen LogP contribution in [0.1, 0.15) is 48.7 Å². The molecule has 6 N–H and O–H groups in total. The van der Waals surface area contributed by atoms with Gasteiger partial charge in [-0.1, -0.05) is 11.8 Å². The van der Waals surface area contributed by atoms with E-state index in [1.807, 2.05) is 25.7 Å². The molecule has 3 aliphatic rings. The highest BCUT2D eigenvalue weighted by Crippen LogP contribution is 2.53. The lowest BCUT2D eigenvalue weighted by atomic mass is 9.58. The number of amides is 1. The van der Waals surface area contributed by atoms with Gasteiger partial charge in [0, 0.05) is 36.7 Å². The second-order valence-corrected chi connectivity index (χ2v) is 12.0. The first-order valence-electron chi connectivity index (χ1n) is 12.7. The number of hydrogen-bond donors (Lipinski definition) is 5. The summed E-state index contributed by atoms with van der Waals surface area (Å²) in [5.74, 6) is -0.796. The second kappa shape index (κ2) is 9.14. The summed E-state index contributed by atoms with van der Waals surface area (Å²) in [5, 5.41) is 45.3. The van der Waals surface area contributed by atoms with Crippen molar-refractivity contribution in [3.8, 4) is 17.6 Å². The van der Waals surface area contributed by atoms with Crippen molar-refractivity contribution in [1.82, 2.24) is 4.90 Å². The van der Waals surface area contributed by atoms with Gasteiger partial charge >= 0.3 is 0 Å². The van der Waals surface area contributed by atoms with Crippen LogP contribution in [0.5, 0.6) is 5.75 Å². The number of rotatable bonds is 3. The quantitative estimate of drug-likeness (QED) is 0.284. The molecular formula is C29H35N3O7. The molecule has 0 fully saturated rings. The van der Waals surface area contributed by atoms with E-state index >= 15 is 0 Å². The topological polar surface area (TPSA) is 165 Å². The summed E-state index contributed by atoms with van der Waals surface area (Å²) < 4.78 is 0. The number of nitrogens with two attached hydrogens (primary N) is 1. The number of benzene rings is 1. The fraction of sp³-hybridized carbons (Fsp3) is 0.483. The van der Waals surface area contributed by atoms with Gasteiger partial charge in [-0.15, -0.1) is 0 Å². The number of likely N-dealkylation sites (N-methyl/N-ethyl adjacent to an activating group) is 1. The Bertz CT molecular complexity index is 1440. The second-order valence-electron chi connectivity index (χ2n) is 12.0. The number of aromatic hydroxyl groups is 1. The summed E-state index contributed by atoms with van der Waals surface area (Å²) >= 11 is 0. The minimum Gasteiger partial charge on any atom is -0.510 e. The molecule has 0 heterocycles. The van der Waals surface area contributed by atoms with Crippen LogP contribution in [-0.4, -0.2) is 82.6 Å². The van der Waals surface area contributed by atoms with Gasteiger partial charge in [0.2, 0.25) is 5.78 Å². The summed E-state index contributed by atoms with van der Waals surface area (Å²) in [6, 6.07) is 0.682. The first-order valence-corrected chi connectivity index (χ1v) is 12.7. The molecule has 10 heteroatoms. The largest absolute Gasteiger partial charge is 0.510 e. The van der Waals surface area contributed by atoms with Gasteiger partial charge in [0.15, 0.2) is 11.4 Å². The molecule has 4 unspecified atom stereocenters. The van der Waals surface area contributed by atoms with Crippen LogP contribution >= 0.6 is 0 Å². The number of primary amides is 1. The fourth-order valence-corrected chi connectivity index (χ4v) is 6.05. The van der Waals surface area contributed by atoms with E-state index in [9.17, 15) is 34.8 Å². The third-order valence-corrected chi connectivity index (χ3v) is 7.75. The molecule has 3 aliphatic carbocycles. The standard InChI is InChI=1S/C29H35N3O7/c1-28(2,3)9-8-13-12-17(31(4)5)15-10-14-11-16-21(32(6)7)24(35)20(27(30)38)26(37)29(16,39)25(36)18(14)23(34)19(15)22(13)33/h12,14,16,21,33,35-36,39H,10-11H2,1-7H3,(H2,30,38). The first-order chi connectivity index (χ1) is 17.9. The van der Waals surface area contributed by atoms with E-state index in [2.05, 4.69) is 11.8 Å². The van der Waals surface area contributed by atoms with Gasteiger partial charge in [-0.2, -0.15) is 0 Å². The van der Waals surface area contributed by atoms with Gasteiger partial charge in [-0.25, -0.2) is 0 Å². The van der Waals surface area contributed by atoms with Crippen molar-refractivity contribution in [1.29, 1.82) is 0 Å². The van der Waals surface area contributed by atoms with Gasteiger partial charge in [-0.3, -0.25) is 19.3 Å². The lowest BCUT2D eigenvalue weighted by Crippen LogP contribution is -2.63. The first kappa shape index (κ1) is 28.2. The third kappa shape index (κ3) is 4.17. The van der Waals surface area contributed by atoms with E-state index in [0.29, 0.717) is 11.3 Å². The average molecular weight is 538 g/mol. The van der Waals surface area contributed by atoms with Crippen molar-refractivity contribution in [3.63, 3.8) is 0 Å². The minimum absolute atomic E-state index is 0.0327. The monoisotopic (exact) mass is 537 g/mol. The number of nitrogens with zero attached hydrogens (tertiary/aromatic N) is 2. The van der Waals surface area contributed by atoms with Crippen molar-refractivity contribution in [2.24, 2.45) is 23.0 Å². The Morgan fingerprint density at radius 2 is 1.74 bits per heavy atom. The van der Waals surface area contributed by atoms with Crippen molar-refractivity contribution >= 4 is 23.2 Å². The molecule has 0 spiro atoms. The molecule has 0 saturated carbocycles. The van der Waals surface area contributed by atoms with E-state index in [1.54, 1.807) is 34.3 Å². The highest BCUT2D eigenvalue weighted by atomic mass is 16.3. The lowest BCUT2D eigenvalue weighted by Gasteiger charge is -2.50. The smallest absolute Gasteiger partial charge is 0.255 e. The van der Waals surface area contributed by atoms with Crippen molar-refractivity contribution in [3.05, 3.63) is 45.4 Å². The third-order valence-electron chi connectivity index (χ3n) is 7.75. The molecule has 0 bridgehead atoms. The van der Waals surface area contributed by atoms with Crippen LogP contribution in [-0.2, 0) is 16.0 Å². The maximum atomic E-state index is 14.0. The zero-order chi connectivity index (χ0) is 29.4. The summed E-state index contributed by atoms with van der Waals surface area (Å²) in [7, 11) is 6.79. The Hall–Kier alpha value is -3.81. The fourth-order valence-electron chi connectivity index (χ4n) is 6.05. The van der Waals surface area contributed by atoms with Crippen LogP contribution in [0.4, 0.5) is 5.69 Å². The number of aliphatic hydroxyl groups is 3. The highest BCUT2D eigenvalue weighted by molar-refractivity contribution is 6.25. The van der Waals surface area contributed by atoms with Crippen LogP contribution in [0.3, 0.4) is 0 Å². The molecule has 1 amide bonds. The molecule has 1 aromatic carbocycles. The van der Waals surface area contributed by atoms with E-state index in [-0.39, 0.29) is 40.7 Å². The number of allylic oxidation sites excluding steroid dienone is 1. The zero-order valence-corrected chi connectivity index (χ0v) is 23.2. The predicted octanol–water partition coefficient (Wildman–Crippen LogP) is 1.58. The number of phenols is 1. The normalized spacial score (nSPS) is 26.5. The molecule has 0 radical (unpaired) electrons. The van der Waals surface area contributed by atoms with Crippen LogP contribution in [0.25, 0.3) is 0 Å². The van der Waals surface area contributed by atoms with E-state index < -0.39 is 58.0 Å². The number of ketones is 2. The maximum absolute atomic E-state index is 14.0. The molecule has 10 nitrogen and oxygen atoms in total. The number of carbonyl (C=O) groups excluding carboxylic acids is 3. The Balaban J connectivity index is 1.99. The van der Waals surface area contributed by atoms with E-state index in [1.165, 1.54) is 4.90 Å². The molecule has 1 aromatic rings. The van der Waals surface area contributed by atoms with Crippen LogP contribution in [0.15, 0.2) is 28.7 Å². The molecule has 4 atom stereocenters. The zero-order valence-electron chi connectivity index (χ0n) is 23.2. The van der Waals surface area contributed by atoms with Crippen molar-refractivity contribution in [2.45, 2.75) is 45.3 Å². The van der Waals surface area contributed by atoms with Crippen LogP contribution < -0.4 is 10.6 Å². The molecule has 0 aromatic heterocycles. The number of aliphatic hydroxyl groups excluding tert-OH is 2. The Morgan fingerprint density at radius 1 is 1.13 bits per heavy atom. The predicted molar refractivity (Wildman–Crippen MR) is 144 cm³/mol. The van der Waals surface area contributed by atoms with Gasteiger partial charge in [-0.05, 0) is 65.3 Å². The van der Waals surface area contributed by atoms with E-state index in [4.69, 9.17) is 5.73 Å². The molecule has 0 aliphatic heterocycles. The molecule has 0 saturated heterocycles. The average Bonchev–Trinajstić information content (AvgIpc) is 2.79. The Kier molecular flexibility index (Phi) is 6.61. The number of hydrogen-bond acceptors (Lipinski definition) is 9. The number of fused-ring (bicyclic) bond motifs is 3. The van der Waals surface area contributed by atoms with Crippen LogP contribution in [0, 0.1) is 29.1 Å². The number of phenolic OH excluding ortho intramolecular Hbond substituents is 1. The van der Waals surface area contributed by atoms with Gasteiger partial charge in [0.25, 0.3) is 5.91 Å². The van der Waals surface area contributed by atoms with Gasteiger partial charge in [0.1, 0.15) is 22.8 Å². The molecular weight excluding hydrogens is 502 g/mol. The summed E-state index contributed by atoms with van der Waals surface area (Å²) in [6.45, 7) is 5.73. The van der Waals surface area contributed by atoms with Crippen molar-refractivity contribution in [2.75, 3.05) is 33.1 Å². The number of Topliss-reactive ketones (excluding diaryl/α,β-unsaturated/α-hetero) is 2. The molecule has 208 valence electrons. The SMILES string of the molecule is CN(C)c1cc(C#CC(C)(C)C)c(O)c2c1CC1CC3C(N(C)C)C(O)=C(C(N)=O)C(=O)C3(O)C(O)=C1C2=O.